The predicted molar refractivity (Wildman–Crippen MR) is 214 cm³/mol. The second-order valence-corrected chi connectivity index (χ2v) is 20.9. The molecule has 2 saturated carbocycles. The zero-order chi connectivity index (χ0) is 38.0. The molecule has 7 heteroatoms. The Bertz CT molecular complexity index is 1800. The van der Waals surface area contributed by atoms with Crippen molar-refractivity contribution in [2.24, 2.45) is 63.9 Å². The second kappa shape index (κ2) is 13.3. The molecule has 2 spiro atoms. The maximum atomic E-state index is 15.4. The van der Waals surface area contributed by atoms with Gasteiger partial charge in [0.2, 0.25) is 0 Å². The maximum absolute atomic E-state index is 15.4. The number of hydrogen-bond donors (Lipinski definition) is 2. The van der Waals surface area contributed by atoms with E-state index in [9.17, 15) is 4.79 Å². The van der Waals surface area contributed by atoms with E-state index in [1.165, 1.54) is 57.3 Å². The minimum atomic E-state index is -0.940. The van der Waals surface area contributed by atoms with Crippen LogP contribution in [0, 0.1) is 58.2 Å². The Morgan fingerprint density at radius 1 is 1.04 bits per heavy atom. The second-order valence-electron chi connectivity index (χ2n) is 20.9. The number of piperidine rings is 3. The normalized spacial score (nSPS) is 45.3. The highest BCUT2D eigenvalue weighted by molar-refractivity contribution is 5.99. The molecule has 0 aromatic heterocycles. The Morgan fingerprint density at radius 3 is 2.71 bits per heavy atom. The fraction of sp³-hybridized carbons (Fsp3) is 0.750. The summed E-state index contributed by atoms with van der Waals surface area (Å²) < 4.78 is 14.0. The van der Waals surface area contributed by atoms with Gasteiger partial charge in [-0.1, -0.05) is 70.4 Å². The number of ether oxygens (including phenoxy) is 2. The molecule has 7 nitrogen and oxygen atoms in total. The first kappa shape index (κ1) is 36.8. The van der Waals surface area contributed by atoms with Crippen LogP contribution in [0.4, 0.5) is 0 Å². The predicted octanol–water partition coefficient (Wildman–Crippen LogP) is 6.99. The number of rotatable bonds is 8. The number of carbonyl (C=O) groups is 2. The van der Waals surface area contributed by atoms with Gasteiger partial charge in [-0.3, -0.25) is 9.69 Å². The molecule has 11 aliphatic heterocycles. The summed E-state index contributed by atoms with van der Waals surface area (Å²) >= 11 is 0. The van der Waals surface area contributed by atoms with Crippen LogP contribution in [0.25, 0.3) is 0 Å². The molecule has 11 heterocycles. The number of nitrogens with zero attached hydrogens (tertiary/aromatic N) is 1. The van der Waals surface area contributed by atoms with Crippen molar-refractivity contribution in [3.05, 3.63) is 58.4 Å². The van der Waals surface area contributed by atoms with Crippen LogP contribution < -0.4 is 10.6 Å². The van der Waals surface area contributed by atoms with Crippen LogP contribution >= 0.6 is 0 Å². The molecule has 15 atom stereocenters. The van der Waals surface area contributed by atoms with E-state index in [0.29, 0.717) is 54.3 Å². The number of nitrogens with one attached hydrogen (secondary N) is 1. The molecular formula is C48H68N3O4+. The van der Waals surface area contributed by atoms with E-state index >= 15 is 4.79 Å². The maximum Gasteiger partial charge on any atom is 0.339 e. The summed E-state index contributed by atoms with van der Waals surface area (Å²) in [5.74, 6) is 4.35. The molecule has 55 heavy (non-hydrogen) atoms. The number of fused-ring (bicyclic) bond motifs is 2. The van der Waals surface area contributed by atoms with E-state index in [1.54, 1.807) is 0 Å². The van der Waals surface area contributed by atoms with Crippen LogP contribution in [0.15, 0.2) is 41.7 Å². The van der Waals surface area contributed by atoms with E-state index in [-0.39, 0.29) is 17.9 Å². The summed E-state index contributed by atoms with van der Waals surface area (Å²) in [7, 11) is 0. The quantitative estimate of drug-likeness (QED) is 0.220. The SMILES string of the molecule is CC(C)CCC(C)CC1C23C=C4CCC2(C(=CC2CCC5C6CC(CN5C2C)C[NH+](C6)C2CCC(C)CC42)OC3=O)C12OC(=O)c1c(CCCN)cccc12. The Hall–Kier alpha value is -2.48. The molecular weight excluding hydrogens is 683 g/mol. The van der Waals surface area contributed by atoms with Gasteiger partial charge in [0.15, 0.2) is 5.60 Å². The molecule has 6 fully saturated rings. The zero-order valence-electron chi connectivity index (χ0n) is 34.4. The van der Waals surface area contributed by atoms with E-state index in [4.69, 9.17) is 15.2 Å². The van der Waals surface area contributed by atoms with Gasteiger partial charge in [-0.2, -0.15) is 0 Å². The molecule has 14 aliphatic rings. The fourth-order valence-electron chi connectivity index (χ4n) is 15.3. The first-order valence-electron chi connectivity index (χ1n) is 22.8. The van der Waals surface area contributed by atoms with Crippen molar-refractivity contribution in [3.8, 4) is 0 Å². The first-order valence-corrected chi connectivity index (χ1v) is 22.8. The molecule has 1 aromatic rings. The molecule has 3 N–H and O–H groups in total. The summed E-state index contributed by atoms with van der Waals surface area (Å²) in [5.41, 5.74) is 7.81. The molecule has 3 aliphatic carbocycles. The topological polar surface area (TPSA) is 86.3 Å². The number of carbonyl (C=O) groups excluding carboxylic acids is 2. The largest absolute Gasteiger partial charge is 0.449 e. The van der Waals surface area contributed by atoms with Gasteiger partial charge in [0.1, 0.15) is 11.2 Å². The lowest BCUT2D eigenvalue weighted by molar-refractivity contribution is -0.943. The highest BCUT2D eigenvalue weighted by Gasteiger charge is 2.91. The average molecular weight is 751 g/mol. The summed E-state index contributed by atoms with van der Waals surface area (Å²) in [6, 6.07) is 8.08. The molecule has 298 valence electrons. The van der Waals surface area contributed by atoms with Crippen LogP contribution in [0.1, 0.15) is 133 Å². The summed E-state index contributed by atoms with van der Waals surface area (Å²) in [4.78, 5) is 34.8. The summed E-state index contributed by atoms with van der Waals surface area (Å²) in [6.45, 7) is 16.3. The minimum absolute atomic E-state index is 0.0744. The van der Waals surface area contributed by atoms with Crippen LogP contribution in [0.3, 0.4) is 0 Å². The van der Waals surface area contributed by atoms with Crippen molar-refractivity contribution < 1.29 is 24.0 Å². The van der Waals surface area contributed by atoms with Gasteiger partial charge in [0.05, 0.1) is 30.1 Å². The monoisotopic (exact) mass is 751 g/mol. The minimum Gasteiger partial charge on any atom is -0.449 e. The lowest BCUT2D eigenvalue weighted by Crippen LogP contribution is -3.19. The van der Waals surface area contributed by atoms with E-state index < -0.39 is 16.4 Å². The standard InChI is InChI=1S/C48H67N3O4/c1-28(2)11-12-30(4)21-41-46-24-35-17-18-47(46,48(41)38-10-6-8-33(9-7-19-49)43(38)44(52)55-48)42(54-45(46)53)23-34-14-16-39-36-22-32(26-51(39)31(34)5)25-50(27-36)40-15-13-29(3)20-37(35)40/h6,8,10,23-24,28-32,34,36-37,39-41H,7,9,11-22,25-27,49H2,1-5H3/p+1. The summed E-state index contributed by atoms with van der Waals surface area (Å²) in [6.07, 6.45) is 18.9. The van der Waals surface area contributed by atoms with Crippen molar-refractivity contribution in [3.63, 3.8) is 0 Å². The highest BCUT2D eigenvalue weighted by Crippen LogP contribution is 2.85. The molecule has 10 bridgehead atoms. The van der Waals surface area contributed by atoms with Crippen LogP contribution in [-0.2, 0) is 26.3 Å². The Labute approximate surface area is 330 Å². The molecule has 15 unspecified atom stereocenters. The average Bonchev–Trinajstić information content (AvgIpc) is 3.61. The van der Waals surface area contributed by atoms with Gasteiger partial charge < -0.3 is 20.1 Å². The van der Waals surface area contributed by atoms with E-state index in [2.05, 4.69) is 69.9 Å². The van der Waals surface area contributed by atoms with Crippen LogP contribution in [0.2, 0.25) is 0 Å². The Balaban J connectivity index is 1.20. The van der Waals surface area contributed by atoms with Gasteiger partial charge in [-0.15, -0.1) is 0 Å². The molecule has 0 amide bonds. The number of esters is 2. The van der Waals surface area contributed by atoms with E-state index in [1.807, 2.05) is 4.90 Å². The van der Waals surface area contributed by atoms with Gasteiger partial charge in [-0.25, -0.2) is 4.79 Å². The number of hydrogen-bond acceptors (Lipinski definition) is 6. The van der Waals surface area contributed by atoms with Gasteiger partial charge in [0.25, 0.3) is 0 Å². The van der Waals surface area contributed by atoms with Gasteiger partial charge in [-0.05, 0) is 113 Å². The van der Waals surface area contributed by atoms with Crippen molar-refractivity contribution in [1.82, 2.24) is 4.90 Å². The zero-order valence-corrected chi connectivity index (χ0v) is 34.4. The highest BCUT2D eigenvalue weighted by atomic mass is 16.6. The Morgan fingerprint density at radius 2 is 1.89 bits per heavy atom. The first-order chi connectivity index (χ1) is 26.5. The van der Waals surface area contributed by atoms with Crippen LogP contribution in [-0.4, -0.2) is 61.1 Å². The third kappa shape index (κ3) is 5.03. The van der Waals surface area contributed by atoms with Crippen molar-refractivity contribution in [2.75, 3.05) is 26.2 Å². The van der Waals surface area contributed by atoms with Crippen LogP contribution in [0.5, 0.6) is 0 Å². The smallest absolute Gasteiger partial charge is 0.339 e. The number of benzene rings is 1. The molecule has 0 radical (unpaired) electrons. The lowest BCUT2D eigenvalue weighted by Gasteiger charge is -2.69. The molecule has 15 rings (SSSR count). The lowest BCUT2D eigenvalue weighted by atomic mass is 9.31. The van der Waals surface area contributed by atoms with Gasteiger partial charge in [0, 0.05) is 54.3 Å². The number of quaternary nitrogens is 1. The van der Waals surface area contributed by atoms with E-state index in [0.717, 1.165) is 85.7 Å². The number of nitrogens with two attached hydrogens (primary N) is 1. The van der Waals surface area contributed by atoms with Crippen molar-refractivity contribution in [1.29, 1.82) is 0 Å². The fourth-order valence-corrected chi connectivity index (χ4v) is 15.3. The summed E-state index contributed by atoms with van der Waals surface area (Å²) in [5, 5.41) is 0. The molecule has 1 aromatic carbocycles. The van der Waals surface area contributed by atoms with Crippen molar-refractivity contribution >= 4 is 11.9 Å². The third-order valence-corrected chi connectivity index (χ3v) is 17.6. The Kier molecular flexibility index (Phi) is 8.89. The van der Waals surface area contributed by atoms with Crippen molar-refractivity contribution in [2.45, 2.75) is 142 Å². The molecule has 4 saturated heterocycles. The van der Waals surface area contributed by atoms with Gasteiger partial charge >= 0.3 is 11.9 Å². The number of aryl methyl sites for hydroxylation is 1. The third-order valence-electron chi connectivity index (χ3n) is 17.6.